The maximum atomic E-state index is 11.1. The molecule has 0 saturated heterocycles. The average Bonchev–Trinajstić information content (AvgIpc) is 2.58. The first-order valence-corrected chi connectivity index (χ1v) is 5.82. The maximum absolute atomic E-state index is 11.1. The molecule has 0 aromatic carbocycles. The summed E-state index contributed by atoms with van der Waals surface area (Å²) in [5.41, 5.74) is 1.16. The van der Waals surface area contributed by atoms with Crippen molar-refractivity contribution in [3.05, 3.63) is 23.7 Å². The lowest BCUT2D eigenvalue weighted by molar-refractivity contribution is -0.117. The second-order valence-corrected chi connectivity index (χ2v) is 4.60. The van der Waals surface area contributed by atoms with E-state index in [1.807, 2.05) is 13.0 Å². The molecule has 84 valence electrons. The quantitative estimate of drug-likeness (QED) is 0.568. The number of halogens is 2. The molecule has 0 N–H and O–H groups in total. The van der Waals surface area contributed by atoms with Gasteiger partial charge in [0, 0.05) is 12.8 Å². The number of ketones is 1. The van der Waals surface area contributed by atoms with Gasteiger partial charge in [-0.25, -0.2) is 0 Å². The Morgan fingerprint density at radius 1 is 1.47 bits per heavy atom. The number of Topliss-reactive ketones (excluding diaryl/α,β-unsaturated/α-hetero) is 1. The van der Waals surface area contributed by atoms with Crippen LogP contribution in [0, 0.1) is 6.92 Å². The molecule has 1 heterocycles. The van der Waals surface area contributed by atoms with Crippen LogP contribution in [0.5, 0.6) is 0 Å². The summed E-state index contributed by atoms with van der Waals surface area (Å²) in [5.74, 6) is 0.894. The molecule has 15 heavy (non-hydrogen) atoms. The molecule has 1 aromatic rings. The van der Waals surface area contributed by atoms with E-state index in [4.69, 9.17) is 27.6 Å². The molecule has 0 unspecified atom stereocenters. The average molecular weight is 249 g/mol. The van der Waals surface area contributed by atoms with Crippen molar-refractivity contribution < 1.29 is 9.21 Å². The molecule has 0 bridgehead atoms. The van der Waals surface area contributed by atoms with Crippen molar-refractivity contribution in [3.8, 4) is 0 Å². The van der Waals surface area contributed by atoms with Gasteiger partial charge in [0.1, 0.15) is 5.76 Å². The van der Waals surface area contributed by atoms with Gasteiger partial charge < -0.3 is 4.42 Å². The number of rotatable bonds is 6. The van der Waals surface area contributed by atoms with Crippen LogP contribution in [0.3, 0.4) is 0 Å². The van der Waals surface area contributed by atoms with Crippen LogP contribution in [0.25, 0.3) is 0 Å². The number of carbonyl (C=O) groups is 1. The zero-order valence-electron chi connectivity index (χ0n) is 8.63. The van der Waals surface area contributed by atoms with E-state index in [0.29, 0.717) is 6.42 Å². The highest BCUT2D eigenvalue weighted by atomic mass is 35.5. The minimum absolute atomic E-state index is 0.102. The van der Waals surface area contributed by atoms with E-state index < -0.39 is 4.84 Å². The molecular formula is C11H14Cl2O2. The molecule has 2 nitrogen and oxygen atoms in total. The van der Waals surface area contributed by atoms with E-state index in [9.17, 15) is 4.79 Å². The SMILES string of the molecule is Cc1ccoc1CCCCC(=O)C(Cl)Cl. The minimum atomic E-state index is -0.879. The predicted octanol–water partition coefficient (Wildman–Crippen LogP) is 3.67. The largest absolute Gasteiger partial charge is 0.469 e. The summed E-state index contributed by atoms with van der Waals surface area (Å²) in [6.07, 6.45) is 4.71. The monoisotopic (exact) mass is 248 g/mol. The van der Waals surface area contributed by atoms with Crippen LogP contribution < -0.4 is 0 Å². The second-order valence-electron chi connectivity index (χ2n) is 3.50. The molecule has 0 aliphatic rings. The third-order valence-corrected chi connectivity index (χ3v) is 2.78. The Morgan fingerprint density at radius 2 is 2.20 bits per heavy atom. The van der Waals surface area contributed by atoms with Gasteiger partial charge in [-0.2, -0.15) is 0 Å². The molecule has 0 amide bonds. The van der Waals surface area contributed by atoms with E-state index in [1.54, 1.807) is 6.26 Å². The van der Waals surface area contributed by atoms with E-state index in [1.165, 1.54) is 0 Å². The number of hydrogen-bond acceptors (Lipinski definition) is 2. The Labute approximate surface area is 99.5 Å². The van der Waals surface area contributed by atoms with Crippen LogP contribution >= 0.6 is 23.2 Å². The number of furan rings is 1. The van der Waals surface area contributed by atoms with Crippen molar-refractivity contribution in [1.82, 2.24) is 0 Å². The lowest BCUT2D eigenvalue weighted by Gasteiger charge is -2.01. The number of carbonyl (C=O) groups excluding carboxylic acids is 1. The fourth-order valence-electron chi connectivity index (χ4n) is 1.35. The van der Waals surface area contributed by atoms with Crippen molar-refractivity contribution in [2.24, 2.45) is 0 Å². The number of unbranched alkanes of at least 4 members (excludes halogenated alkanes) is 1. The number of aryl methyl sites for hydroxylation is 2. The van der Waals surface area contributed by atoms with Crippen molar-refractivity contribution in [2.75, 3.05) is 0 Å². The molecule has 1 aromatic heterocycles. The Morgan fingerprint density at radius 3 is 2.73 bits per heavy atom. The zero-order valence-corrected chi connectivity index (χ0v) is 10.1. The van der Waals surface area contributed by atoms with Gasteiger partial charge in [-0.3, -0.25) is 4.79 Å². The molecule has 0 spiro atoms. The molecule has 0 radical (unpaired) electrons. The third kappa shape index (κ3) is 4.27. The highest BCUT2D eigenvalue weighted by Crippen LogP contribution is 2.14. The van der Waals surface area contributed by atoms with E-state index in [-0.39, 0.29) is 5.78 Å². The summed E-state index contributed by atoms with van der Waals surface area (Å²) in [4.78, 5) is 10.2. The summed E-state index contributed by atoms with van der Waals surface area (Å²) in [6, 6.07) is 1.94. The first kappa shape index (κ1) is 12.6. The summed E-state index contributed by atoms with van der Waals surface area (Å²) in [6.45, 7) is 2.01. The maximum Gasteiger partial charge on any atom is 0.165 e. The fraction of sp³-hybridized carbons (Fsp3) is 0.545. The van der Waals surface area contributed by atoms with Gasteiger partial charge in [0.2, 0.25) is 0 Å². The van der Waals surface area contributed by atoms with Crippen LogP contribution in [-0.2, 0) is 11.2 Å². The highest BCUT2D eigenvalue weighted by Gasteiger charge is 2.10. The van der Waals surface area contributed by atoms with Gasteiger partial charge in [-0.15, -0.1) is 0 Å². The standard InChI is InChI=1S/C11H14Cl2O2/c1-8-6-7-15-10(8)5-3-2-4-9(14)11(12)13/h6-7,11H,2-5H2,1H3. The van der Waals surface area contributed by atoms with Gasteiger partial charge in [0.25, 0.3) is 0 Å². The van der Waals surface area contributed by atoms with Gasteiger partial charge in [-0.1, -0.05) is 23.2 Å². The zero-order chi connectivity index (χ0) is 11.3. The Hall–Kier alpha value is -0.470. The molecular weight excluding hydrogens is 235 g/mol. The van der Waals surface area contributed by atoms with Crippen LogP contribution in [0.4, 0.5) is 0 Å². The summed E-state index contributed by atoms with van der Waals surface area (Å²) in [7, 11) is 0. The van der Waals surface area contributed by atoms with Gasteiger partial charge in [0.05, 0.1) is 6.26 Å². The van der Waals surface area contributed by atoms with E-state index >= 15 is 0 Å². The van der Waals surface area contributed by atoms with Gasteiger partial charge in [0.15, 0.2) is 10.6 Å². The molecule has 0 atom stereocenters. The molecule has 0 aliphatic carbocycles. The van der Waals surface area contributed by atoms with Crippen LogP contribution in [0.15, 0.2) is 16.7 Å². The van der Waals surface area contributed by atoms with E-state index in [2.05, 4.69) is 0 Å². The van der Waals surface area contributed by atoms with Crippen molar-refractivity contribution >= 4 is 29.0 Å². The van der Waals surface area contributed by atoms with Gasteiger partial charge in [-0.05, 0) is 31.4 Å². The highest BCUT2D eigenvalue weighted by molar-refractivity contribution is 6.53. The Balaban J connectivity index is 2.18. The molecule has 0 saturated carbocycles. The fourth-order valence-corrected chi connectivity index (χ4v) is 1.57. The molecule has 4 heteroatoms. The van der Waals surface area contributed by atoms with Crippen LogP contribution in [0.1, 0.15) is 30.6 Å². The second kappa shape index (κ2) is 6.19. The van der Waals surface area contributed by atoms with Crippen molar-refractivity contribution in [1.29, 1.82) is 0 Å². The predicted molar refractivity (Wildman–Crippen MR) is 61.5 cm³/mol. The lowest BCUT2D eigenvalue weighted by Crippen LogP contribution is -2.06. The normalized spacial score (nSPS) is 10.9. The third-order valence-electron chi connectivity index (χ3n) is 2.29. The topological polar surface area (TPSA) is 30.2 Å². The van der Waals surface area contributed by atoms with Crippen molar-refractivity contribution in [3.63, 3.8) is 0 Å². The smallest absolute Gasteiger partial charge is 0.165 e. The Bertz CT molecular complexity index is 318. The van der Waals surface area contributed by atoms with Gasteiger partial charge >= 0.3 is 0 Å². The molecule has 1 rings (SSSR count). The number of hydrogen-bond donors (Lipinski definition) is 0. The van der Waals surface area contributed by atoms with Crippen LogP contribution in [0.2, 0.25) is 0 Å². The molecule has 0 fully saturated rings. The summed E-state index contributed by atoms with van der Waals surface area (Å²) >= 11 is 10.9. The van der Waals surface area contributed by atoms with E-state index in [0.717, 1.165) is 30.6 Å². The lowest BCUT2D eigenvalue weighted by atomic mass is 10.1. The van der Waals surface area contributed by atoms with Crippen LogP contribution in [-0.4, -0.2) is 10.6 Å². The van der Waals surface area contributed by atoms with Crippen molar-refractivity contribution in [2.45, 2.75) is 37.4 Å². The summed E-state index contributed by atoms with van der Waals surface area (Å²) in [5, 5.41) is 0. The summed E-state index contributed by atoms with van der Waals surface area (Å²) < 4.78 is 5.28. The minimum Gasteiger partial charge on any atom is -0.469 e. The Kier molecular flexibility index (Phi) is 5.20. The molecule has 0 aliphatic heterocycles. The number of alkyl halides is 2. The first-order valence-electron chi connectivity index (χ1n) is 4.95. The first-order chi connectivity index (χ1) is 7.11.